The largest absolute Gasteiger partial charge is 0.334 e. The maximum Gasteiger partial charge on any atom is 0.319 e. The van der Waals surface area contributed by atoms with Gasteiger partial charge in [0, 0.05) is 12.2 Å². The number of nitrogens with one attached hydrogen (secondary N) is 2. The van der Waals surface area contributed by atoms with Gasteiger partial charge in [0.05, 0.1) is 11.6 Å². The van der Waals surface area contributed by atoms with Crippen LogP contribution in [0.2, 0.25) is 0 Å². The van der Waals surface area contributed by atoms with Gasteiger partial charge in [-0.05, 0) is 35.9 Å². The van der Waals surface area contributed by atoms with E-state index in [4.69, 9.17) is 5.26 Å². The second-order valence-electron chi connectivity index (χ2n) is 4.13. The van der Waals surface area contributed by atoms with E-state index in [2.05, 4.69) is 10.6 Å². The van der Waals surface area contributed by atoms with Gasteiger partial charge in [0.2, 0.25) is 0 Å². The average molecular weight is 269 g/mol. The van der Waals surface area contributed by atoms with Crippen LogP contribution in [-0.4, -0.2) is 6.03 Å². The lowest BCUT2D eigenvalue weighted by Gasteiger charge is -2.07. The number of anilines is 1. The lowest BCUT2D eigenvalue weighted by Crippen LogP contribution is -2.28. The third-order valence-electron chi connectivity index (χ3n) is 2.62. The maximum atomic E-state index is 12.7. The Kier molecular flexibility index (Phi) is 4.30. The van der Waals surface area contributed by atoms with E-state index < -0.39 is 0 Å². The molecule has 4 nitrogen and oxygen atoms in total. The van der Waals surface area contributed by atoms with Crippen LogP contribution in [0, 0.1) is 17.1 Å². The van der Waals surface area contributed by atoms with Crippen LogP contribution in [0.15, 0.2) is 48.5 Å². The molecule has 20 heavy (non-hydrogen) atoms. The Balaban J connectivity index is 1.89. The zero-order chi connectivity index (χ0) is 14.4. The molecule has 0 spiro atoms. The third-order valence-corrected chi connectivity index (χ3v) is 2.62. The Morgan fingerprint density at radius 2 is 1.95 bits per heavy atom. The molecular formula is C15H12FN3O. The summed E-state index contributed by atoms with van der Waals surface area (Å²) < 4.78 is 12.7. The number of nitriles is 1. The normalized spacial score (nSPS) is 9.60. The number of hydrogen-bond acceptors (Lipinski definition) is 2. The SMILES string of the molecule is N#Cc1cccc(NC(=O)NCc2ccc(F)cc2)c1. The first kappa shape index (κ1) is 13.6. The molecule has 0 unspecified atom stereocenters. The fourth-order valence-electron chi connectivity index (χ4n) is 1.63. The summed E-state index contributed by atoms with van der Waals surface area (Å²) in [5.74, 6) is -0.313. The summed E-state index contributed by atoms with van der Waals surface area (Å²) in [5, 5.41) is 14.0. The average Bonchev–Trinajstić information content (AvgIpc) is 2.47. The van der Waals surface area contributed by atoms with Gasteiger partial charge in [0.15, 0.2) is 0 Å². The van der Waals surface area contributed by atoms with Crippen molar-refractivity contribution in [2.24, 2.45) is 0 Å². The summed E-state index contributed by atoms with van der Waals surface area (Å²) in [6.07, 6.45) is 0. The Morgan fingerprint density at radius 1 is 1.20 bits per heavy atom. The smallest absolute Gasteiger partial charge is 0.319 e. The van der Waals surface area contributed by atoms with Gasteiger partial charge in [-0.3, -0.25) is 0 Å². The fraction of sp³-hybridized carbons (Fsp3) is 0.0667. The number of urea groups is 1. The van der Waals surface area contributed by atoms with E-state index >= 15 is 0 Å². The lowest BCUT2D eigenvalue weighted by molar-refractivity contribution is 0.251. The molecular weight excluding hydrogens is 257 g/mol. The number of halogens is 1. The fourth-order valence-corrected chi connectivity index (χ4v) is 1.63. The van der Waals surface area contributed by atoms with Crippen molar-refractivity contribution in [1.82, 2.24) is 5.32 Å². The Bertz CT molecular complexity index is 647. The maximum absolute atomic E-state index is 12.7. The van der Waals surface area contributed by atoms with Crippen LogP contribution in [0.4, 0.5) is 14.9 Å². The molecule has 0 atom stereocenters. The number of rotatable bonds is 3. The van der Waals surface area contributed by atoms with E-state index in [0.717, 1.165) is 5.56 Å². The molecule has 0 aliphatic carbocycles. The van der Waals surface area contributed by atoms with E-state index in [9.17, 15) is 9.18 Å². The van der Waals surface area contributed by atoms with Crippen LogP contribution in [0.1, 0.15) is 11.1 Å². The Labute approximate surface area is 115 Å². The molecule has 0 aromatic heterocycles. The van der Waals surface area contributed by atoms with Gasteiger partial charge in [0.25, 0.3) is 0 Å². The van der Waals surface area contributed by atoms with Crippen LogP contribution in [-0.2, 0) is 6.54 Å². The predicted octanol–water partition coefficient (Wildman–Crippen LogP) is 3.02. The zero-order valence-electron chi connectivity index (χ0n) is 10.6. The van der Waals surface area contributed by atoms with E-state index in [-0.39, 0.29) is 11.8 Å². The van der Waals surface area contributed by atoms with Crippen molar-refractivity contribution in [1.29, 1.82) is 5.26 Å². The highest BCUT2D eigenvalue weighted by atomic mass is 19.1. The molecule has 2 amide bonds. The molecule has 2 aromatic rings. The highest BCUT2D eigenvalue weighted by Crippen LogP contribution is 2.09. The molecule has 5 heteroatoms. The molecule has 0 fully saturated rings. The Hall–Kier alpha value is -2.87. The van der Waals surface area contributed by atoms with E-state index in [0.29, 0.717) is 17.8 Å². The minimum atomic E-state index is -0.385. The van der Waals surface area contributed by atoms with E-state index in [1.165, 1.54) is 12.1 Å². The first-order valence-corrected chi connectivity index (χ1v) is 5.97. The molecule has 0 heterocycles. The summed E-state index contributed by atoms with van der Waals surface area (Å²) in [7, 11) is 0. The number of carbonyl (C=O) groups excluding carboxylic acids is 1. The number of hydrogen-bond donors (Lipinski definition) is 2. The van der Waals surface area contributed by atoms with Gasteiger partial charge >= 0.3 is 6.03 Å². The number of benzene rings is 2. The molecule has 0 saturated heterocycles. The van der Waals surface area contributed by atoms with Crippen LogP contribution >= 0.6 is 0 Å². The molecule has 2 aromatic carbocycles. The second kappa shape index (κ2) is 6.34. The van der Waals surface area contributed by atoms with Crippen molar-refractivity contribution < 1.29 is 9.18 Å². The van der Waals surface area contributed by atoms with Crippen molar-refractivity contribution in [2.45, 2.75) is 6.54 Å². The van der Waals surface area contributed by atoms with Crippen molar-refractivity contribution in [2.75, 3.05) is 5.32 Å². The molecule has 0 bridgehead atoms. The monoisotopic (exact) mass is 269 g/mol. The van der Waals surface area contributed by atoms with Crippen LogP contribution in [0.3, 0.4) is 0 Å². The van der Waals surface area contributed by atoms with Gasteiger partial charge < -0.3 is 10.6 Å². The summed E-state index contributed by atoms with van der Waals surface area (Å²) in [6, 6.07) is 14.1. The molecule has 2 N–H and O–H groups in total. The van der Waals surface area contributed by atoms with Crippen molar-refractivity contribution >= 4 is 11.7 Å². The standard InChI is InChI=1S/C15H12FN3O/c16-13-6-4-11(5-7-13)10-18-15(20)19-14-3-1-2-12(8-14)9-17/h1-8H,10H2,(H2,18,19,20). The first-order valence-electron chi connectivity index (χ1n) is 5.97. The van der Waals surface area contributed by atoms with Crippen LogP contribution in [0.25, 0.3) is 0 Å². The number of amides is 2. The van der Waals surface area contributed by atoms with Gasteiger partial charge in [-0.15, -0.1) is 0 Å². The topological polar surface area (TPSA) is 64.9 Å². The molecule has 0 radical (unpaired) electrons. The molecule has 0 saturated carbocycles. The minimum Gasteiger partial charge on any atom is -0.334 e. The van der Waals surface area contributed by atoms with E-state index in [1.807, 2.05) is 6.07 Å². The third kappa shape index (κ3) is 3.82. The summed E-state index contributed by atoms with van der Waals surface area (Å²) in [5.41, 5.74) is 1.81. The zero-order valence-corrected chi connectivity index (χ0v) is 10.6. The summed E-state index contributed by atoms with van der Waals surface area (Å²) in [4.78, 5) is 11.7. The van der Waals surface area contributed by atoms with Gasteiger partial charge in [0.1, 0.15) is 5.82 Å². The number of nitrogens with zero attached hydrogens (tertiary/aromatic N) is 1. The number of carbonyl (C=O) groups is 1. The molecule has 0 aliphatic rings. The van der Waals surface area contributed by atoms with Gasteiger partial charge in [-0.25, -0.2) is 9.18 Å². The summed E-state index contributed by atoms with van der Waals surface area (Å²) >= 11 is 0. The quantitative estimate of drug-likeness (QED) is 0.899. The first-order chi connectivity index (χ1) is 9.67. The van der Waals surface area contributed by atoms with Crippen molar-refractivity contribution in [3.05, 3.63) is 65.5 Å². The van der Waals surface area contributed by atoms with E-state index in [1.54, 1.807) is 36.4 Å². The molecule has 2 rings (SSSR count). The van der Waals surface area contributed by atoms with Crippen molar-refractivity contribution in [3.63, 3.8) is 0 Å². The van der Waals surface area contributed by atoms with Crippen LogP contribution < -0.4 is 10.6 Å². The highest BCUT2D eigenvalue weighted by Gasteiger charge is 2.02. The van der Waals surface area contributed by atoms with Crippen LogP contribution in [0.5, 0.6) is 0 Å². The molecule has 0 aliphatic heterocycles. The van der Waals surface area contributed by atoms with Crippen molar-refractivity contribution in [3.8, 4) is 6.07 Å². The van der Waals surface area contributed by atoms with Gasteiger partial charge in [-0.1, -0.05) is 18.2 Å². The minimum absolute atomic E-state index is 0.296. The van der Waals surface area contributed by atoms with Gasteiger partial charge in [-0.2, -0.15) is 5.26 Å². The predicted molar refractivity (Wildman–Crippen MR) is 73.4 cm³/mol. The Morgan fingerprint density at radius 3 is 2.65 bits per heavy atom. The molecule has 100 valence electrons. The highest BCUT2D eigenvalue weighted by molar-refractivity contribution is 5.89. The summed E-state index contributed by atoms with van der Waals surface area (Å²) in [6.45, 7) is 0.296. The lowest BCUT2D eigenvalue weighted by atomic mass is 10.2. The second-order valence-corrected chi connectivity index (χ2v) is 4.13.